The first-order valence-corrected chi connectivity index (χ1v) is 19.8. The first-order chi connectivity index (χ1) is 28.1. The van der Waals surface area contributed by atoms with Crippen LogP contribution < -0.4 is 0 Å². The Morgan fingerprint density at radius 3 is 1.02 bits per heavy atom. The zero-order valence-electron chi connectivity index (χ0n) is 30.6. The van der Waals surface area contributed by atoms with Gasteiger partial charge in [0.1, 0.15) is 0 Å². The summed E-state index contributed by atoms with van der Waals surface area (Å²) < 4.78 is 17.5. The fraction of sp³-hybridized carbons (Fsp3) is 0.200. The van der Waals surface area contributed by atoms with Crippen molar-refractivity contribution in [2.45, 2.75) is 38.5 Å². The van der Waals surface area contributed by atoms with Gasteiger partial charge in [0.25, 0.3) is 17.7 Å². The number of halogens is 3. The molecule has 12 heteroatoms. The summed E-state index contributed by atoms with van der Waals surface area (Å²) in [5, 5.41) is 12.9. The van der Waals surface area contributed by atoms with Gasteiger partial charge in [-0.25, -0.2) is 0 Å². The van der Waals surface area contributed by atoms with Gasteiger partial charge >= 0.3 is 0 Å². The highest BCUT2D eigenvalue weighted by molar-refractivity contribution is 6.18. The molecule has 7 rings (SSSR count). The van der Waals surface area contributed by atoms with E-state index in [1.807, 2.05) is 91.0 Å². The standard InChI is InChI=1S/C45H33Cl3N6O3/c46-22-7-1-4-13-31-16-10-19-34(25-31)40-49-43(55-52-40)37-28-38(44-50-41(53-56-44)35-20-11-17-32(26-35)14-5-2-8-23-47)30-39(29-37)45-51-42(54-57-45)36-21-12-18-33(27-36)15-6-3-9-24-48/h10-12,16-21,25-30H,1-3,7-9,22-24H2. The van der Waals surface area contributed by atoms with Gasteiger partial charge in [0.05, 0.1) is 0 Å². The summed E-state index contributed by atoms with van der Waals surface area (Å²) >= 11 is 17.4. The summed E-state index contributed by atoms with van der Waals surface area (Å²) in [5.41, 5.74) is 6.49. The van der Waals surface area contributed by atoms with E-state index in [2.05, 4.69) is 51.0 Å². The Labute approximate surface area is 345 Å². The van der Waals surface area contributed by atoms with E-state index in [-0.39, 0.29) is 17.7 Å². The Balaban J connectivity index is 1.23. The van der Waals surface area contributed by atoms with E-state index in [1.54, 1.807) is 0 Å². The summed E-state index contributed by atoms with van der Waals surface area (Å²) in [4.78, 5) is 14.3. The molecule has 0 atom stereocenters. The van der Waals surface area contributed by atoms with Crippen LogP contribution in [-0.4, -0.2) is 48.1 Å². The Hall–Kier alpha value is -6.15. The van der Waals surface area contributed by atoms with Crippen LogP contribution in [0.4, 0.5) is 0 Å². The number of rotatable bonds is 12. The topological polar surface area (TPSA) is 117 Å². The van der Waals surface area contributed by atoms with Gasteiger partial charge in [-0.2, -0.15) is 15.0 Å². The molecule has 3 heterocycles. The summed E-state index contributed by atoms with van der Waals surface area (Å²) in [6, 6.07) is 28.5. The van der Waals surface area contributed by atoms with Crippen LogP contribution in [0, 0.1) is 35.5 Å². The average Bonchev–Trinajstić information content (AvgIpc) is 4.06. The molecule has 7 aromatic rings. The Bertz CT molecular complexity index is 2360. The molecule has 0 saturated heterocycles. The van der Waals surface area contributed by atoms with Gasteiger partial charge in [0.15, 0.2) is 0 Å². The molecular formula is C45H33Cl3N6O3. The van der Waals surface area contributed by atoms with Gasteiger partial charge in [0, 0.05) is 87.0 Å². The van der Waals surface area contributed by atoms with Gasteiger partial charge in [-0.15, -0.1) is 34.8 Å². The maximum Gasteiger partial charge on any atom is 0.258 e. The van der Waals surface area contributed by atoms with Crippen LogP contribution in [0.2, 0.25) is 0 Å². The SMILES string of the molecule is ClCCCC#Cc1cccc(-c2noc(-c3cc(-c4nc(-c5cccc(C#CCCCCl)c5)no4)cc(-c4nc(-c5cccc(C#CCCCCl)c5)no4)c3)n2)c1. The van der Waals surface area contributed by atoms with E-state index in [4.69, 9.17) is 63.3 Å². The van der Waals surface area contributed by atoms with Gasteiger partial charge < -0.3 is 13.6 Å². The molecule has 0 bridgehead atoms. The number of nitrogens with zero attached hydrogens (tertiary/aromatic N) is 6. The summed E-state index contributed by atoms with van der Waals surface area (Å²) in [7, 11) is 0. The highest BCUT2D eigenvalue weighted by atomic mass is 35.5. The highest BCUT2D eigenvalue weighted by Crippen LogP contribution is 2.34. The first kappa shape index (κ1) is 39.1. The molecule has 3 aromatic heterocycles. The molecule has 0 N–H and O–H groups in total. The molecule has 9 nitrogen and oxygen atoms in total. The second-order valence-corrected chi connectivity index (χ2v) is 13.7. The van der Waals surface area contributed by atoms with E-state index < -0.39 is 0 Å². The predicted molar refractivity (Wildman–Crippen MR) is 223 cm³/mol. The fourth-order valence-corrected chi connectivity index (χ4v) is 5.94. The van der Waals surface area contributed by atoms with Crippen molar-refractivity contribution in [3.05, 3.63) is 108 Å². The maximum atomic E-state index is 5.82. The molecule has 0 saturated carbocycles. The molecular weight excluding hydrogens is 779 g/mol. The molecule has 57 heavy (non-hydrogen) atoms. The van der Waals surface area contributed by atoms with Crippen LogP contribution >= 0.6 is 34.8 Å². The van der Waals surface area contributed by atoms with Crippen molar-refractivity contribution in [3.63, 3.8) is 0 Å². The summed E-state index contributed by atoms with van der Waals surface area (Å²) in [5.74, 6) is 22.7. The lowest BCUT2D eigenvalue weighted by Gasteiger charge is -2.02. The summed E-state index contributed by atoms with van der Waals surface area (Å²) in [6.45, 7) is 0. The molecule has 0 spiro atoms. The number of hydrogen-bond donors (Lipinski definition) is 0. The monoisotopic (exact) mass is 810 g/mol. The van der Waals surface area contributed by atoms with Crippen LogP contribution in [0.25, 0.3) is 68.5 Å². The predicted octanol–water partition coefficient (Wildman–Crippen LogP) is 10.9. The van der Waals surface area contributed by atoms with Crippen molar-refractivity contribution in [1.29, 1.82) is 0 Å². The van der Waals surface area contributed by atoms with E-state index in [0.717, 1.165) is 71.9 Å². The van der Waals surface area contributed by atoms with Gasteiger partial charge in [-0.05, 0) is 73.9 Å². The maximum absolute atomic E-state index is 5.82. The lowest BCUT2D eigenvalue weighted by molar-refractivity contribution is 0.429. The zero-order valence-corrected chi connectivity index (χ0v) is 32.8. The minimum atomic E-state index is 0.257. The van der Waals surface area contributed by atoms with Gasteiger partial charge in [-0.3, -0.25) is 0 Å². The van der Waals surface area contributed by atoms with Crippen LogP contribution in [0.3, 0.4) is 0 Å². The molecule has 0 fully saturated rings. The summed E-state index contributed by atoms with van der Waals surface area (Å²) in [6.07, 6.45) is 4.64. The van der Waals surface area contributed by atoms with Crippen molar-refractivity contribution in [3.8, 4) is 104 Å². The molecule has 0 unspecified atom stereocenters. The molecule has 4 aromatic carbocycles. The average molecular weight is 812 g/mol. The Kier molecular flexibility index (Phi) is 13.5. The minimum Gasteiger partial charge on any atom is -0.334 e. The minimum absolute atomic E-state index is 0.257. The Morgan fingerprint density at radius 1 is 0.404 bits per heavy atom. The number of alkyl halides is 3. The Morgan fingerprint density at radius 2 is 0.719 bits per heavy atom. The largest absolute Gasteiger partial charge is 0.334 e. The molecule has 0 amide bonds. The van der Waals surface area contributed by atoms with Crippen LogP contribution in [0.15, 0.2) is 105 Å². The normalized spacial score (nSPS) is 10.6. The second kappa shape index (κ2) is 19.6. The van der Waals surface area contributed by atoms with E-state index in [0.29, 0.717) is 51.8 Å². The van der Waals surface area contributed by atoms with Crippen molar-refractivity contribution < 1.29 is 13.6 Å². The van der Waals surface area contributed by atoms with Crippen molar-refractivity contribution in [2.75, 3.05) is 17.6 Å². The van der Waals surface area contributed by atoms with E-state index in [9.17, 15) is 0 Å². The van der Waals surface area contributed by atoms with Crippen molar-refractivity contribution in [2.24, 2.45) is 0 Å². The number of hydrogen-bond acceptors (Lipinski definition) is 9. The third-order valence-electron chi connectivity index (χ3n) is 8.32. The van der Waals surface area contributed by atoms with Crippen molar-refractivity contribution in [1.82, 2.24) is 30.4 Å². The molecule has 282 valence electrons. The zero-order chi connectivity index (χ0) is 39.2. The van der Waals surface area contributed by atoms with Gasteiger partial charge in [-0.1, -0.05) is 87.4 Å². The fourth-order valence-electron chi connectivity index (χ4n) is 5.54. The van der Waals surface area contributed by atoms with Crippen molar-refractivity contribution >= 4 is 34.8 Å². The molecule has 0 aliphatic rings. The smallest absolute Gasteiger partial charge is 0.258 e. The third-order valence-corrected chi connectivity index (χ3v) is 9.12. The van der Waals surface area contributed by atoms with E-state index >= 15 is 0 Å². The second-order valence-electron chi connectivity index (χ2n) is 12.6. The van der Waals surface area contributed by atoms with Crippen LogP contribution in [0.1, 0.15) is 55.2 Å². The third kappa shape index (κ3) is 10.4. The number of aromatic nitrogens is 6. The van der Waals surface area contributed by atoms with Crippen LogP contribution in [-0.2, 0) is 0 Å². The van der Waals surface area contributed by atoms with Crippen LogP contribution in [0.5, 0.6) is 0 Å². The lowest BCUT2D eigenvalue weighted by atomic mass is 10.0. The first-order valence-electron chi connectivity index (χ1n) is 18.2. The quantitative estimate of drug-likeness (QED) is 0.0675. The van der Waals surface area contributed by atoms with E-state index in [1.165, 1.54) is 0 Å². The molecule has 0 radical (unpaired) electrons. The number of unbranched alkanes of at least 4 members (excludes halogenated alkanes) is 3. The molecule has 0 aliphatic carbocycles. The number of benzene rings is 4. The lowest BCUT2D eigenvalue weighted by Crippen LogP contribution is -1.88. The molecule has 0 aliphatic heterocycles. The highest BCUT2D eigenvalue weighted by Gasteiger charge is 2.20. The van der Waals surface area contributed by atoms with Gasteiger partial charge in [0.2, 0.25) is 17.5 Å².